The Morgan fingerprint density at radius 2 is 2.00 bits per heavy atom. The Morgan fingerprint density at radius 1 is 1.20 bits per heavy atom. The second-order valence-electron chi connectivity index (χ2n) is 5.34. The van der Waals surface area contributed by atoms with Gasteiger partial charge in [0, 0.05) is 17.7 Å². The lowest BCUT2D eigenvalue weighted by molar-refractivity contribution is 0.569. The van der Waals surface area contributed by atoms with Gasteiger partial charge in [0.05, 0.1) is 0 Å². The van der Waals surface area contributed by atoms with Gasteiger partial charge < -0.3 is 5.32 Å². The van der Waals surface area contributed by atoms with Crippen LogP contribution in [0.3, 0.4) is 0 Å². The van der Waals surface area contributed by atoms with E-state index in [1.54, 1.807) is 0 Å². The minimum absolute atomic E-state index is 0.142. The van der Waals surface area contributed by atoms with Crippen LogP contribution in [0.4, 0.5) is 5.82 Å². The van der Waals surface area contributed by atoms with Crippen LogP contribution in [-0.4, -0.2) is 11.5 Å². The number of aromatic nitrogens is 1. The Balaban J connectivity index is 2.36. The summed E-state index contributed by atoms with van der Waals surface area (Å²) in [5, 5.41) is 3.43. The molecule has 2 heteroatoms. The molecule has 0 bridgehead atoms. The summed E-state index contributed by atoms with van der Waals surface area (Å²) in [4.78, 5) is 4.73. The first-order valence-electron chi connectivity index (χ1n) is 5.82. The maximum absolute atomic E-state index is 4.73. The summed E-state index contributed by atoms with van der Waals surface area (Å²) in [7, 11) is 0. The van der Waals surface area contributed by atoms with E-state index in [1.807, 2.05) is 0 Å². The average Bonchev–Trinajstić information content (AvgIpc) is 2.39. The summed E-state index contributed by atoms with van der Waals surface area (Å²) in [6.45, 7) is 7.68. The number of hydrogen-bond donors (Lipinski definition) is 1. The quantitative estimate of drug-likeness (QED) is 0.702. The van der Waals surface area contributed by atoms with E-state index in [-0.39, 0.29) is 5.41 Å². The van der Waals surface area contributed by atoms with E-state index < -0.39 is 0 Å². The molecule has 0 unspecified atom stereocenters. The molecule has 1 N–H and O–H groups in total. The van der Waals surface area contributed by atoms with Crippen molar-refractivity contribution in [2.24, 2.45) is 0 Å². The lowest BCUT2D eigenvalue weighted by atomic mass is 9.91. The summed E-state index contributed by atoms with van der Waals surface area (Å²) >= 11 is 0. The molecule has 15 heavy (non-hydrogen) atoms. The third-order valence-electron chi connectivity index (χ3n) is 2.91. The fourth-order valence-electron chi connectivity index (χ4n) is 1.91. The third-order valence-corrected chi connectivity index (χ3v) is 2.91. The molecule has 0 radical (unpaired) electrons. The Kier molecular flexibility index (Phi) is 2.68. The van der Waals surface area contributed by atoms with Crippen LogP contribution in [0, 0.1) is 0 Å². The van der Waals surface area contributed by atoms with Crippen molar-refractivity contribution in [2.45, 2.75) is 45.4 Å². The average molecular weight is 204 g/mol. The first kappa shape index (κ1) is 10.5. The largest absolute Gasteiger partial charge is 0.370 e. The summed E-state index contributed by atoms with van der Waals surface area (Å²) in [5.41, 5.74) is 2.69. The number of fused-ring (bicyclic) bond motifs is 1. The van der Waals surface area contributed by atoms with Gasteiger partial charge in [-0.25, -0.2) is 4.98 Å². The van der Waals surface area contributed by atoms with Crippen molar-refractivity contribution in [1.29, 1.82) is 0 Å². The number of rotatable bonds is 0. The van der Waals surface area contributed by atoms with E-state index in [0.717, 1.165) is 12.4 Å². The van der Waals surface area contributed by atoms with E-state index >= 15 is 0 Å². The predicted molar refractivity (Wildman–Crippen MR) is 64.4 cm³/mol. The minimum Gasteiger partial charge on any atom is -0.370 e. The number of nitrogens with zero attached hydrogens (tertiary/aromatic N) is 1. The molecule has 82 valence electrons. The summed E-state index contributed by atoms with van der Waals surface area (Å²) in [6, 6.07) is 4.41. The van der Waals surface area contributed by atoms with Crippen molar-refractivity contribution < 1.29 is 0 Å². The molecule has 1 aromatic rings. The Hall–Kier alpha value is -1.05. The van der Waals surface area contributed by atoms with Crippen LogP contribution >= 0.6 is 0 Å². The van der Waals surface area contributed by atoms with Gasteiger partial charge in [0.1, 0.15) is 5.82 Å². The summed E-state index contributed by atoms with van der Waals surface area (Å²) in [6.07, 6.45) is 3.69. The van der Waals surface area contributed by atoms with E-state index in [9.17, 15) is 0 Å². The van der Waals surface area contributed by atoms with Gasteiger partial charge in [-0.1, -0.05) is 26.8 Å². The van der Waals surface area contributed by atoms with Crippen LogP contribution in [0.15, 0.2) is 12.1 Å². The zero-order chi connectivity index (χ0) is 10.9. The molecule has 0 fully saturated rings. The lowest BCUT2D eigenvalue weighted by Crippen LogP contribution is -2.15. The zero-order valence-corrected chi connectivity index (χ0v) is 9.93. The Bertz CT molecular complexity index is 350. The Labute approximate surface area is 92.1 Å². The monoisotopic (exact) mass is 204 g/mol. The van der Waals surface area contributed by atoms with Crippen molar-refractivity contribution in [3.8, 4) is 0 Å². The molecule has 0 spiro atoms. The topological polar surface area (TPSA) is 24.9 Å². The third kappa shape index (κ3) is 2.31. The number of hydrogen-bond acceptors (Lipinski definition) is 2. The molecule has 2 nitrogen and oxygen atoms in total. The number of pyridine rings is 1. The fourth-order valence-corrected chi connectivity index (χ4v) is 1.91. The first-order valence-corrected chi connectivity index (χ1v) is 5.82. The molecule has 1 aliphatic heterocycles. The molecule has 1 aromatic heterocycles. The van der Waals surface area contributed by atoms with Crippen LogP contribution in [0.1, 0.15) is 44.9 Å². The molecule has 2 rings (SSSR count). The smallest absolute Gasteiger partial charge is 0.129 e. The second-order valence-corrected chi connectivity index (χ2v) is 5.34. The van der Waals surface area contributed by atoms with Crippen LogP contribution in [0.25, 0.3) is 0 Å². The predicted octanol–water partition coefficient (Wildman–Crippen LogP) is 3.13. The maximum Gasteiger partial charge on any atom is 0.129 e. The highest BCUT2D eigenvalue weighted by Crippen LogP contribution is 2.25. The van der Waals surface area contributed by atoms with E-state index in [0.29, 0.717) is 0 Å². The Morgan fingerprint density at radius 3 is 2.73 bits per heavy atom. The molecule has 0 saturated carbocycles. The van der Waals surface area contributed by atoms with Crippen molar-refractivity contribution in [3.05, 3.63) is 23.4 Å². The van der Waals surface area contributed by atoms with E-state index in [1.165, 1.54) is 30.5 Å². The molecule has 0 aliphatic carbocycles. The van der Waals surface area contributed by atoms with Crippen LogP contribution < -0.4 is 5.32 Å². The van der Waals surface area contributed by atoms with Gasteiger partial charge >= 0.3 is 0 Å². The summed E-state index contributed by atoms with van der Waals surface area (Å²) in [5.74, 6) is 1.11. The van der Waals surface area contributed by atoms with Gasteiger partial charge in [-0.2, -0.15) is 0 Å². The van der Waals surface area contributed by atoms with Gasteiger partial charge in [0.25, 0.3) is 0 Å². The molecular formula is C13H20N2. The fraction of sp³-hybridized carbons (Fsp3) is 0.615. The zero-order valence-electron chi connectivity index (χ0n) is 9.93. The molecule has 0 aromatic carbocycles. The SMILES string of the molecule is CC(C)(C)c1ccc2c(n1)NCCCC2. The standard InChI is InChI=1S/C13H20N2/c1-13(2,3)11-8-7-10-6-4-5-9-14-12(10)15-11/h7-8H,4-6,9H2,1-3H3,(H,14,15). The molecule has 0 amide bonds. The van der Waals surface area contributed by atoms with E-state index in [2.05, 4.69) is 38.2 Å². The van der Waals surface area contributed by atoms with Crippen molar-refractivity contribution >= 4 is 5.82 Å². The molecule has 0 atom stereocenters. The molecular weight excluding hydrogens is 184 g/mol. The van der Waals surface area contributed by atoms with Crippen LogP contribution in [0.2, 0.25) is 0 Å². The van der Waals surface area contributed by atoms with Crippen molar-refractivity contribution in [2.75, 3.05) is 11.9 Å². The molecule has 1 aliphatic rings. The highest BCUT2D eigenvalue weighted by Gasteiger charge is 2.17. The van der Waals surface area contributed by atoms with Gasteiger partial charge in [-0.3, -0.25) is 0 Å². The maximum atomic E-state index is 4.73. The second kappa shape index (κ2) is 3.84. The van der Waals surface area contributed by atoms with Gasteiger partial charge in [-0.05, 0) is 30.9 Å². The number of nitrogens with one attached hydrogen (secondary N) is 1. The first-order chi connectivity index (χ1) is 7.07. The van der Waals surface area contributed by atoms with Gasteiger partial charge in [0.2, 0.25) is 0 Å². The lowest BCUT2D eigenvalue weighted by Gasteiger charge is -2.19. The molecule has 0 saturated heterocycles. The van der Waals surface area contributed by atoms with Gasteiger partial charge in [-0.15, -0.1) is 0 Å². The molecule has 2 heterocycles. The summed E-state index contributed by atoms with van der Waals surface area (Å²) < 4.78 is 0. The van der Waals surface area contributed by atoms with Crippen molar-refractivity contribution in [1.82, 2.24) is 4.98 Å². The van der Waals surface area contributed by atoms with Crippen molar-refractivity contribution in [3.63, 3.8) is 0 Å². The number of aryl methyl sites for hydroxylation is 1. The highest BCUT2D eigenvalue weighted by molar-refractivity contribution is 5.46. The highest BCUT2D eigenvalue weighted by atomic mass is 15.0. The number of anilines is 1. The van der Waals surface area contributed by atoms with Crippen LogP contribution in [-0.2, 0) is 11.8 Å². The van der Waals surface area contributed by atoms with E-state index in [4.69, 9.17) is 4.98 Å². The van der Waals surface area contributed by atoms with Gasteiger partial charge in [0.15, 0.2) is 0 Å². The normalized spacial score (nSPS) is 16.5. The minimum atomic E-state index is 0.142. The van der Waals surface area contributed by atoms with Crippen LogP contribution in [0.5, 0.6) is 0 Å².